The van der Waals surface area contributed by atoms with Gasteiger partial charge >= 0.3 is 0 Å². The number of carbonyl (C=O) groups is 5. The number of Topliss-reactive ketones (excluding diaryl/α,β-unsaturated/α-hetero) is 1. The lowest BCUT2D eigenvalue weighted by Crippen LogP contribution is -2.58. The number of amides is 4. The van der Waals surface area contributed by atoms with Gasteiger partial charge in [-0.1, -0.05) is 6.92 Å². The molecule has 4 amide bonds. The van der Waals surface area contributed by atoms with Crippen LogP contribution in [0.15, 0.2) is 0 Å². The molecular weight excluding hydrogens is 406 g/mol. The van der Waals surface area contributed by atoms with Gasteiger partial charge in [0.15, 0.2) is 5.78 Å². The number of nitrogens with one attached hydrogen (secondary N) is 4. The van der Waals surface area contributed by atoms with Crippen molar-refractivity contribution in [2.45, 2.75) is 71.1 Å². The van der Waals surface area contributed by atoms with Crippen LogP contribution in [0.4, 0.5) is 0 Å². The smallest absolute Gasteiger partial charge is 0.248 e. The lowest BCUT2D eigenvalue weighted by molar-refractivity contribution is -0.143. The van der Waals surface area contributed by atoms with Crippen molar-refractivity contribution in [3.8, 4) is 0 Å². The molecule has 0 aromatic rings. The van der Waals surface area contributed by atoms with Gasteiger partial charge in [-0.25, -0.2) is 0 Å². The molecule has 1 heterocycles. The van der Waals surface area contributed by atoms with Crippen LogP contribution in [-0.4, -0.2) is 89.8 Å². The normalized spacial score (nSPS) is 18.6. The van der Waals surface area contributed by atoms with Crippen molar-refractivity contribution in [3.63, 3.8) is 0 Å². The third-order valence-electron chi connectivity index (χ3n) is 5.15. The highest BCUT2D eigenvalue weighted by atomic mass is 16.3. The van der Waals surface area contributed by atoms with Crippen LogP contribution >= 0.6 is 0 Å². The number of likely N-dealkylation sites (tertiary alicyclic amines) is 1. The van der Waals surface area contributed by atoms with Crippen LogP contribution in [0.5, 0.6) is 0 Å². The molecule has 31 heavy (non-hydrogen) atoms. The molecule has 11 heteroatoms. The van der Waals surface area contributed by atoms with Gasteiger partial charge in [-0.2, -0.15) is 0 Å². The summed E-state index contributed by atoms with van der Waals surface area (Å²) >= 11 is 0. The van der Waals surface area contributed by atoms with Gasteiger partial charge in [0.25, 0.3) is 0 Å². The Morgan fingerprint density at radius 2 is 1.74 bits per heavy atom. The zero-order valence-electron chi connectivity index (χ0n) is 18.7. The Labute approximate surface area is 182 Å². The summed E-state index contributed by atoms with van der Waals surface area (Å²) in [6, 6.07) is -3.59. The van der Waals surface area contributed by atoms with Gasteiger partial charge in [0.1, 0.15) is 18.1 Å². The van der Waals surface area contributed by atoms with E-state index in [1.807, 2.05) is 6.92 Å². The first-order valence-corrected chi connectivity index (χ1v) is 10.6. The second-order valence-corrected chi connectivity index (χ2v) is 7.67. The Morgan fingerprint density at radius 1 is 1.06 bits per heavy atom. The van der Waals surface area contributed by atoms with E-state index in [4.69, 9.17) is 0 Å². The molecule has 1 saturated heterocycles. The number of aliphatic hydroxyl groups excluding tert-OH is 1. The molecule has 0 radical (unpaired) electrons. The predicted octanol–water partition coefficient (Wildman–Crippen LogP) is -1.95. The van der Waals surface area contributed by atoms with E-state index in [2.05, 4.69) is 21.3 Å². The molecule has 0 aromatic carbocycles. The number of ketones is 1. The molecule has 1 aliphatic rings. The summed E-state index contributed by atoms with van der Waals surface area (Å²) in [6.45, 7) is 7.18. The average molecular weight is 442 g/mol. The highest BCUT2D eigenvalue weighted by molar-refractivity contribution is 5.95. The summed E-state index contributed by atoms with van der Waals surface area (Å²) in [6.07, 6.45) is 1.21. The SMILES string of the molecule is CCNCCC(=O)NC(C)C(=O)NC(CO)C(=O)N1CCCC1C(=O)NC(C)C(C)=O. The van der Waals surface area contributed by atoms with Crippen LogP contribution in [0.1, 0.15) is 47.0 Å². The monoisotopic (exact) mass is 441 g/mol. The first kappa shape index (κ1) is 26.5. The molecule has 0 aromatic heterocycles. The first-order chi connectivity index (χ1) is 14.6. The summed E-state index contributed by atoms with van der Waals surface area (Å²) < 4.78 is 0. The van der Waals surface area contributed by atoms with Crippen LogP contribution in [0.3, 0.4) is 0 Å². The first-order valence-electron chi connectivity index (χ1n) is 10.6. The maximum Gasteiger partial charge on any atom is 0.248 e. The third-order valence-corrected chi connectivity index (χ3v) is 5.15. The minimum Gasteiger partial charge on any atom is -0.394 e. The molecule has 0 bridgehead atoms. The fourth-order valence-corrected chi connectivity index (χ4v) is 3.15. The van der Waals surface area contributed by atoms with Gasteiger partial charge in [0.05, 0.1) is 12.6 Å². The van der Waals surface area contributed by atoms with E-state index in [1.54, 1.807) is 6.92 Å². The van der Waals surface area contributed by atoms with Gasteiger partial charge in [-0.15, -0.1) is 0 Å². The van der Waals surface area contributed by atoms with Crippen molar-refractivity contribution >= 4 is 29.4 Å². The topological polar surface area (TPSA) is 157 Å². The van der Waals surface area contributed by atoms with E-state index in [1.165, 1.54) is 18.7 Å². The Hall–Kier alpha value is -2.53. The van der Waals surface area contributed by atoms with Crippen LogP contribution < -0.4 is 21.3 Å². The lowest BCUT2D eigenvalue weighted by Gasteiger charge is -2.29. The molecule has 11 nitrogen and oxygen atoms in total. The third kappa shape index (κ3) is 8.25. The average Bonchev–Trinajstić information content (AvgIpc) is 3.21. The van der Waals surface area contributed by atoms with Crippen molar-refractivity contribution in [1.29, 1.82) is 0 Å². The molecule has 1 fully saturated rings. The van der Waals surface area contributed by atoms with Crippen molar-refractivity contribution in [3.05, 3.63) is 0 Å². The maximum atomic E-state index is 12.9. The van der Waals surface area contributed by atoms with Crippen LogP contribution in [0, 0.1) is 0 Å². The largest absolute Gasteiger partial charge is 0.394 e. The maximum absolute atomic E-state index is 12.9. The molecule has 1 aliphatic heterocycles. The van der Waals surface area contributed by atoms with E-state index in [0.29, 0.717) is 25.9 Å². The zero-order valence-corrected chi connectivity index (χ0v) is 18.7. The summed E-state index contributed by atoms with van der Waals surface area (Å²) in [5, 5.41) is 20.2. The summed E-state index contributed by atoms with van der Waals surface area (Å²) in [4.78, 5) is 62.3. The zero-order chi connectivity index (χ0) is 23.6. The van der Waals surface area contributed by atoms with Gasteiger partial charge in [0, 0.05) is 19.5 Å². The summed E-state index contributed by atoms with van der Waals surface area (Å²) in [5.41, 5.74) is 0. The Bertz CT molecular complexity index is 670. The highest BCUT2D eigenvalue weighted by Gasteiger charge is 2.38. The van der Waals surface area contributed by atoms with Gasteiger partial charge in [-0.05, 0) is 40.2 Å². The van der Waals surface area contributed by atoms with Gasteiger partial charge < -0.3 is 31.3 Å². The second kappa shape index (κ2) is 13.0. The number of aliphatic hydroxyl groups is 1. The van der Waals surface area contributed by atoms with Crippen molar-refractivity contribution in [2.24, 2.45) is 0 Å². The molecular formula is C20H35N5O6. The fraction of sp³-hybridized carbons (Fsp3) is 0.750. The molecule has 0 saturated carbocycles. The lowest BCUT2D eigenvalue weighted by atomic mass is 10.1. The number of carbonyl (C=O) groups excluding carboxylic acids is 5. The van der Waals surface area contributed by atoms with Crippen molar-refractivity contribution in [2.75, 3.05) is 26.2 Å². The van der Waals surface area contributed by atoms with Crippen LogP contribution in [-0.2, 0) is 24.0 Å². The number of hydrogen-bond donors (Lipinski definition) is 5. The molecule has 176 valence electrons. The molecule has 5 N–H and O–H groups in total. The van der Waals surface area contributed by atoms with Crippen molar-refractivity contribution in [1.82, 2.24) is 26.2 Å². The molecule has 0 aliphatic carbocycles. The van der Waals surface area contributed by atoms with Gasteiger partial charge in [-0.3, -0.25) is 24.0 Å². The van der Waals surface area contributed by atoms with E-state index < -0.39 is 48.5 Å². The van der Waals surface area contributed by atoms with Crippen molar-refractivity contribution < 1.29 is 29.1 Å². The highest BCUT2D eigenvalue weighted by Crippen LogP contribution is 2.19. The number of hydrogen-bond acceptors (Lipinski definition) is 7. The minimum atomic E-state index is -1.24. The minimum absolute atomic E-state index is 0.203. The molecule has 1 rings (SSSR count). The number of rotatable bonds is 12. The van der Waals surface area contributed by atoms with E-state index in [9.17, 15) is 29.1 Å². The quantitative estimate of drug-likeness (QED) is 0.220. The standard InChI is InChI=1S/C20H35N5O6/c1-5-21-9-8-17(28)22-13(3)18(29)24-15(11-26)20(31)25-10-6-7-16(25)19(30)23-12(2)14(4)27/h12-13,15-16,21,26H,5-11H2,1-4H3,(H,22,28)(H,23,30)(H,24,29). The van der Waals surface area contributed by atoms with E-state index in [0.717, 1.165) is 6.54 Å². The van der Waals surface area contributed by atoms with Crippen LogP contribution in [0.2, 0.25) is 0 Å². The Balaban J connectivity index is 2.68. The number of nitrogens with zero attached hydrogens (tertiary/aromatic N) is 1. The molecule has 0 spiro atoms. The van der Waals surface area contributed by atoms with E-state index >= 15 is 0 Å². The second-order valence-electron chi connectivity index (χ2n) is 7.67. The van der Waals surface area contributed by atoms with Crippen LogP contribution in [0.25, 0.3) is 0 Å². The fourth-order valence-electron chi connectivity index (χ4n) is 3.15. The van der Waals surface area contributed by atoms with Gasteiger partial charge in [0.2, 0.25) is 23.6 Å². The molecule has 4 atom stereocenters. The summed E-state index contributed by atoms with van der Waals surface area (Å²) in [5.74, 6) is -2.17. The Kier molecular flexibility index (Phi) is 11.1. The summed E-state index contributed by atoms with van der Waals surface area (Å²) in [7, 11) is 0. The molecule has 4 unspecified atom stereocenters. The Morgan fingerprint density at radius 3 is 2.32 bits per heavy atom. The van der Waals surface area contributed by atoms with E-state index in [-0.39, 0.29) is 18.1 Å². The predicted molar refractivity (Wildman–Crippen MR) is 113 cm³/mol.